The number of allylic oxidation sites excluding steroid dienone is 2. The second kappa shape index (κ2) is 51.8. The van der Waals surface area contributed by atoms with E-state index in [-0.39, 0.29) is 16.5 Å². The summed E-state index contributed by atoms with van der Waals surface area (Å²) >= 11 is 0. The first kappa shape index (κ1) is 74.7. The topological polar surface area (TPSA) is 25.3 Å². The van der Waals surface area contributed by atoms with E-state index in [2.05, 4.69) is 117 Å². The minimum Gasteiger partial charge on any atom is -0.694 e. The van der Waals surface area contributed by atoms with Crippen molar-refractivity contribution in [1.29, 1.82) is 0 Å². The zero-order valence-electron chi connectivity index (χ0n) is 52.9. The second-order valence-corrected chi connectivity index (χ2v) is 22.7. The first-order valence-electron chi connectivity index (χ1n) is 33.3. The van der Waals surface area contributed by atoms with Crippen LogP contribution in [0.5, 0.6) is 0 Å². The molecule has 1 heterocycles. The van der Waals surface area contributed by atoms with Crippen LogP contribution in [0.4, 0.5) is 0 Å². The summed E-state index contributed by atoms with van der Waals surface area (Å²) in [4.78, 5) is 0. The van der Waals surface area contributed by atoms with Gasteiger partial charge in [-0.1, -0.05) is 254 Å². The van der Waals surface area contributed by atoms with Gasteiger partial charge >= 0.3 is 16.5 Å². The Morgan fingerprint density at radius 2 is 0.679 bits per heavy atom. The van der Waals surface area contributed by atoms with Crippen molar-refractivity contribution >= 4 is 11.4 Å². The normalized spacial score (nSPS) is 11.8. The first-order chi connectivity index (χ1) is 37.8. The number of unbranched alkanes of at least 4 members (excludes halogenated alkanes) is 27. The van der Waals surface area contributed by atoms with E-state index in [0.29, 0.717) is 0 Å². The standard InChI is InChI=1S/C51H78N2.2C12H21.Ni/c1-9-17-21-22-23-24-28-35-49-46(16-8)50(53(52)51(49)45-36-40(29-13-5)47(31-15-7)41(37-45)30-14-6)44-38-42(32-25-18-10-2)48(34-27-20-12-4)43(39-44)33-26-19-11-3;2*1-3-5-7-9-11-12-10-8-6-4-2;/h36-39H,9-27,29-34H2,1-8H3;2*3,5-12H2,1H3;/q;2*-1;+2. The molecule has 0 unspecified atom stereocenters. The van der Waals surface area contributed by atoms with Crippen molar-refractivity contribution in [3.8, 4) is 23.7 Å². The smallest absolute Gasteiger partial charge is 0.694 e. The predicted molar refractivity (Wildman–Crippen MR) is 342 cm³/mol. The third kappa shape index (κ3) is 31.1. The maximum atomic E-state index is 12.6. The van der Waals surface area contributed by atoms with Crippen molar-refractivity contribution in [2.75, 3.05) is 0 Å². The van der Waals surface area contributed by atoms with E-state index in [9.17, 15) is 5.53 Å². The molecule has 0 spiro atoms. The molecule has 2 nitrogen and oxygen atoms in total. The summed E-state index contributed by atoms with van der Waals surface area (Å²) in [5, 5.41) is 0. The molecular weight excluding hydrogens is 988 g/mol. The largest absolute Gasteiger partial charge is 2.00 e. The SMILES string of the molecule is CCCCCCCC#CC1=C(c2cc(CCC)c(CCC)c(CCC)c2)[N+](=[N-])C(c2cc(CCCCC)c(CCCCC)c(CCCCC)c2)=C1CC.[C-]#CCCCCCCCCCC.[C-]#CCCCCCCCCCC.[Ni+2]. The molecule has 78 heavy (non-hydrogen) atoms. The second-order valence-electron chi connectivity index (χ2n) is 22.7. The van der Waals surface area contributed by atoms with Crippen LogP contribution in [0.3, 0.4) is 0 Å². The maximum absolute atomic E-state index is 12.6. The molecule has 0 atom stereocenters. The van der Waals surface area contributed by atoms with Gasteiger partial charge in [0.05, 0.1) is 0 Å². The molecule has 0 saturated heterocycles. The third-order valence-corrected chi connectivity index (χ3v) is 15.6. The average molecular weight is 1110 g/mol. The molecule has 0 aliphatic carbocycles. The molecule has 3 rings (SSSR count). The van der Waals surface area contributed by atoms with E-state index >= 15 is 0 Å². The molecule has 2 aromatic carbocycles. The van der Waals surface area contributed by atoms with Gasteiger partial charge in [-0.05, 0) is 154 Å². The van der Waals surface area contributed by atoms with Gasteiger partial charge in [-0.2, -0.15) is 0 Å². The van der Waals surface area contributed by atoms with Crippen LogP contribution in [0.1, 0.15) is 351 Å². The molecule has 1 aliphatic heterocycles. The molecule has 0 aromatic heterocycles. The van der Waals surface area contributed by atoms with E-state index in [4.69, 9.17) is 12.8 Å². The Kier molecular flexibility index (Phi) is 49.6. The molecule has 0 fully saturated rings. The van der Waals surface area contributed by atoms with Gasteiger partial charge in [0.25, 0.3) is 0 Å². The van der Waals surface area contributed by atoms with Crippen LogP contribution in [0.25, 0.3) is 16.9 Å². The summed E-state index contributed by atoms with van der Waals surface area (Å²) in [7, 11) is 0. The Morgan fingerprint density at radius 3 is 1.05 bits per heavy atom. The van der Waals surface area contributed by atoms with Crippen LogP contribution in [-0.2, 0) is 55.0 Å². The van der Waals surface area contributed by atoms with Crippen LogP contribution in [0, 0.1) is 36.5 Å². The van der Waals surface area contributed by atoms with Gasteiger partial charge in [0.1, 0.15) is 5.57 Å². The number of nitrogens with zero attached hydrogens (tertiary/aromatic N) is 2. The summed E-state index contributed by atoms with van der Waals surface area (Å²) in [5.41, 5.74) is 28.2. The van der Waals surface area contributed by atoms with E-state index in [0.717, 1.165) is 119 Å². The summed E-state index contributed by atoms with van der Waals surface area (Å²) < 4.78 is 1.59. The fourth-order valence-electron chi connectivity index (χ4n) is 11.2. The van der Waals surface area contributed by atoms with Crippen LogP contribution >= 0.6 is 0 Å². The van der Waals surface area contributed by atoms with Gasteiger partial charge < -0.3 is 30.2 Å². The molecule has 0 radical (unpaired) electrons. The van der Waals surface area contributed by atoms with Gasteiger partial charge in [0, 0.05) is 23.1 Å². The summed E-state index contributed by atoms with van der Waals surface area (Å²) in [5.74, 6) is 12.2. The summed E-state index contributed by atoms with van der Waals surface area (Å²) in [6, 6.07) is 9.78. The third-order valence-electron chi connectivity index (χ3n) is 15.6. The fraction of sp³-hybridized carbons (Fsp3) is 0.707. The number of hydrogen-bond donors (Lipinski definition) is 0. The Bertz CT molecular complexity index is 1970. The van der Waals surface area contributed by atoms with Crippen LogP contribution < -0.4 is 0 Å². The Labute approximate surface area is 497 Å². The van der Waals surface area contributed by atoms with Crippen LogP contribution in [-0.4, -0.2) is 4.70 Å². The van der Waals surface area contributed by atoms with Crippen molar-refractivity contribution in [3.05, 3.63) is 98.3 Å². The van der Waals surface area contributed by atoms with Gasteiger partial charge in [0.2, 0.25) is 11.4 Å². The monoisotopic (exact) mass is 1110 g/mol. The van der Waals surface area contributed by atoms with E-state index in [1.165, 1.54) is 213 Å². The predicted octanol–water partition coefficient (Wildman–Crippen LogP) is 23.9. The zero-order valence-corrected chi connectivity index (χ0v) is 53.9. The van der Waals surface area contributed by atoms with Crippen molar-refractivity contribution in [2.24, 2.45) is 0 Å². The molecular formula is C75H120N2Ni. The van der Waals surface area contributed by atoms with E-state index in [1.807, 2.05) is 0 Å². The molecule has 1 aliphatic rings. The quantitative estimate of drug-likeness (QED) is 0.0208. The van der Waals surface area contributed by atoms with Crippen LogP contribution in [0.15, 0.2) is 35.4 Å². The van der Waals surface area contributed by atoms with Gasteiger partial charge in [-0.3, -0.25) is 0 Å². The summed E-state index contributed by atoms with van der Waals surface area (Å²) in [6.07, 6.45) is 65.9. The molecule has 0 N–H and O–H groups in total. The fourth-order valence-corrected chi connectivity index (χ4v) is 11.2. The maximum Gasteiger partial charge on any atom is 2.00 e. The van der Waals surface area contributed by atoms with Crippen molar-refractivity contribution < 1.29 is 21.2 Å². The Balaban J connectivity index is 0.00000195. The minimum atomic E-state index is 0. The van der Waals surface area contributed by atoms with Gasteiger partial charge in [-0.25, -0.2) is 4.70 Å². The molecule has 0 bridgehead atoms. The number of hydrogen-bond acceptors (Lipinski definition) is 0. The van der Waals surface area contributed by atoms with Crippen molar-refractivity contribution in [3.63, 3.8) is 0 Å². The summed E-state index contributed by atoms with van der Waals surface area (Å²) in [6.45, 7) is 22.9. The Morgan fingerprint density at radius 1 is 0.359 bits per heavy atom. The first-order valence-corrected chi connectivity index (χ1v) is 33.3. The van der Waals surface area contributed by atoms with Crippen molar-refractivity contribution in [2.45, 2.75) is 345 Å². The molecule has 440 valence electrons. The van der Waals surface area contributed by atoms with Crippen LogP contribution in [0.2, 0.25) is 0 Å². The molecule has 3 heteroatoms. The zero-order chi connectivity index (χ0) is 56.6. The van der Waals surface area contributed by atoms with Gasteiger partial charge in [-0.15, -0.1) is 0 Å². The van der Waals surface area contributed by atoms with Crippen molar-refractivity contribution in [1.82, 2.24) is 0 Å². The molecule has 2 aromatic rings. The number of benzene rings is 2. The average Bonchev–Trinajstić information content (AvgIpc) is 3.72. The number of aryl methyl sites for hydroxylation is 4. The molecule has 0 saturated carbocycles. The van der Waals surface area contributed by atoms with E-state index in [1.54, 1.807) is 15.8 Å². The number of rotatable bonds is 42. The minimum absolute atomic E-state index is 0. The van der Waals surface area contributed by atoms with Gasteiger partial charge in [0.15, 0.2) is 0 Å². The molecule has 0 amide bonds. The Hall–Kier alpha value is -3.31. The van der Waals surface area contributed by atoms with E-state index < -0.39 is 0 Å².